The van der Waals surface area contributed by atoms with Crippen molar-refractivity contribution in [2.75, 3.05) is 0 Å². The molecule has 2 aromatic carbocycles. The van der Waals surface area contributed by atoms with Crippen LogP contribution < -0.4 is 10.6 Å². The number of aromatic hydroxyl groups is 1. The highest BCUT2D eigenvalue weighted by Gasteiger charge is 2.17. The third-order valence-electron chi connectivity index (χ3n) is 3.51. The minimum atomic E-state index is -3.94. The number of hydrogen-bond donors (Lipinski definition) is 3. The summed E-state index contributed by atoms with van der Waals surface area (Å²) in [5.41, 5.74) is 3.36. The fourth-order valence-corrected chi connectivity index (χ4v) is 3.20. The molecular formula is C16H16ClN3O4S. The Kier molecular flexibility index (Phi) is 5.46. The molecule has 2 aromatic rings. The van der Waals surface area contributed by atoms with Gasteiger partial charge in [0.25, 0.3) is 5.91 Å². The van der Waals surface area contributed by atoms with Gasteiger partial charge in [-0.1, -0.05) is 17.7 Å². The number of hydrogen-bond acceptors (Lipinski definition) is 5. The van der Waals surface area contributed by atoms with Gasteiger partial charge in [0.15, 0.2) is 0 Å². The van der Waals surface area contributed by atoms with Crippen molar-refractivity contribution in [1.82, 2.24) is 5.43 Å². The number of hydrazone groups is 1. The molecule has 0 spiro atoms. The average Bonchev–Trinajstić information content (AvgIpc) is 2.53. The van der Waals surface area contributed by atoms with E-state index >= 15 is 0 Å². The van der Waals surface area contributed by atoms with Gasteiger partial charge in [0.1, 0.15) is 5.75 Å². The average molecular weight is 382 g/mol. The van der Waals surface area contributed by atoms with E-state index in [-0.39, 0.29) is 21.8 Å². The highest BCUT2D eigenvalue weighted by atomic mass is 35.5. The molecule has 0 bridgehead atoms. The number of benzene rings is 2. The number of nitrogens with two attached hydrogens (primary N) is 1. The first-order valence-electron chi connectivity index (χ1n) is 7.07. The van der Waals surface area contributed by atoms with Gasteiger partial charge in [-0.15, -0.1) is 0 Å². The van der Waals surface area contributed by atoms with E-state index in [1.807, 2.05) is 0 Å². The van der Waals surface area contributed by atoms with Crippen LogP contribution in [0.5, 0.6) is 5.75 Å². The molecule has 0 aliphatic rings. The first-order chi connectivity index (χ1) is 11.6. The third kappa shape index (κ3) is 4.36. The predicted octanol–water partition coefficient (Wildman–Crippen LogP) is 2.16. The molecule has 0 radical (unpaired) electrons. The van der Waals surface area contributed by atoms with Gasteiger partial charge in [-0.2, -0.15) is 5.10 Å². The summed E-state index contributed by atoms with van der Waals surface area (Å²) >= 11 is 5.88. The molecule has 0 atom stereocenters. The lowest BCUT2D eigenvalue weighted by atomic mass is 10.1. The Hall–Kier alpha value is -2.42. The number of amides is 1. The molecular weight excluding hydrogens is 366 g/mol. The number of phenols is 1. The van der Waals surface area contributed by atoms with Crippen molar-refractivity contribution in [3.63, 3.8) is 0 Å². The van der Waals surface area contributed by atoms with Crippen LogP contribution in [0.3, 0.4) is 0 Å². The number of halogens is 1. The van der Waals surface area contributed by atoms with Crippen molar-refractivity contribution in [1.29, 1.82) is 0 Å². The van der Waals surface area contributed by atoms with Crippen molar-refractivity contribution in [3.05, 3.63) is 58.1 Å². The Morgan fingerprint density at radius 1 is 1.24 bits per heavy atom. The standard InChI is InChI=1S/C16H16ClN3O4S/c1-9-12(4-3-5-15(9)25(18,23)24)16(22)20-19-10(2)13-8-11(17)6-7-14(13)21/h3-8,21H,1-2H3,(H,20,22)(H2,18,23,24). The number of sulfonamides is 1. The summed E-state index contributed by atoms with van der Waals surface area (Å²) in [4.78, 5) is 12.2. The molecule has 7 nitrogen and oxygen atoms in total. The fourth-order valence-electron chi connectivity index (χ4n) is 2.22. The van der Waals surface area contributed by atoms with Crippen LogP contribution in [0, 0.1) is 6.92 Å². The maximum Gasteiger partial charge on any atom is 0.271 e. The summed E-state index contributed by atoms with van der Waals surface area (Å²) < 4.78 is 23.1. The molecule has 1 amide bonds. The van der Waals surface area contributed by atoms with Crippen LogP contribution in [-0.4, -0.2) is 25.1 Å². The van der Waals surface area contributed by atoms with E-state index in [2.05, 4.69) is 10.5 Å². The summed E-state index contributed by atoms with van der Waals surface area (Å²) in [6.45, 7) is 3.06. The van der Waals surface area contributed by atoms with E-state index in [4.69, 9.17) is 16.7 Å². The first-order valence-corrected chi connectivity index (χ1v) is 8.99. The molecule has 0 saturated carbocycles. The summed E-state index contributed by atoms with van der Waals surface area (Å²) in [7, 11) is -3.94. The maximum atomic E-state index is 12.3. The second-order valence-electron chi connectivity index (χ2n) is 5.27. The normalized spacial score (nSPS) is 12.1. The Labute approximate surface area is 150 Å². The van der Waals surface area contributed by atoms with Gasteiger partial charge in [-0.25, -0.2) is 19.0 Å². The Morgan fingerprint density at radius 2 is 1.92 bits per heavy atom. The number of phenolic OH excluding ortho intramolecular Hbond substituents is 1. The maximum absolute atomic E-state index is 12.3. The van der Waals surface area contributed by atoms with E-state index in [0.29, 0.717) is 16.3 Å². The number of nitrogens with one attached hydrogen (secondary N) is 1. The lowest BCUT2D eigenvalue weighted by Crippen LogP contribution is -2.22. The van der Waals surface area contributed by atoms with E-state index < -0.39 is 15.9 Å². The van der Waals surface area contributed by atoms with Crippen LogP contribution in [0.25, 0.3) is 0 Å². The summed E-state index contributed by atoms with van der Waals surface area (Å²) in [6, 6.07) is 8.64. The number of nitrogens with zero attached hydrogens (tertiary/aromatic N) is 1. The second kappa shape index (κ2) is 7.22. The summed E-state index contributed by atoms with van der Waals surface area (Å²) in [5.74, 6) is -0.642. The van der Waals surface area contributed by atoms with Gasteiger partial charge in [0.05, 0.1) is 10.6 Å². The molecule has 132 valence electrons. The molecule has 4 N–H and O–H groups in total. The third-order valence-corrected chi connectivity index (χ3v) is 4.80. The Balaban J connectivity index is 2.30. The molecule has 2 rings (SSSR count). The number of primary sulfonamides is 1. The Morgan fingerprint density at radius 3 is 2.56 bits per heavy atom. The molecule has 0 heterocycles. The smallest absolute Gasteiger partial charge is 0.271 e. The second-order valence-corrected chi connectivity index (χ2v) is 7.24. The Bertz CT molecular complexity index is 971. The number of rotatable bonds is 4. The van der Waals surface area contributed by atoms with Gasteiger partial charge < -0.3 is 5.11 Å². The van der Waals surface area contributed by atoms with Crippen molar-refractivity contribution in [2.24, 2.45) is 10.2 Å². The van der Waals surface area contributed by atoms with Crippen LogP contribution >= 0.6 is 11.6 Å². The minimum Gasteiger partial charge on any atom is -0.507 e. The molecule has 0 unspecified atom stereocenters. The van der Waals surface area contributed by atoms with Crippen LogP contribution in [0.1, 0.15) is 28.4 Å². The van der Waals surface area contributed by atoms with Gasteiger partial charge in [-0.3, -0.25) is 4.79 Å². The lowest BCUT2D eigenvalue weighted by molar-refractivity contribution is 0.0954. The van der Waals surface area contributed by atoms with Gasteiger partial charge >= 0.3 is 0 Å². The van der Waals surface area contributed by atoms with Crippen LogP contribution in [0.15, 0.2) is 46.4 Å². The van der Waals surface area contributed by atoms with Gasteiger partial charge in [0, 0.05) is 16.1 Å². The van der Waals surface area contributed by atoms with Crippen molar-refractivity contribution < 1.29 is 18.3 Å². The number of carbonyl (C=O) groups is 1. The quantitative estimate of drug-likeness (QED) is 0.554. The zero-order chi connectivity index (χ0) is 18.8. The molecule has 0 saturated heterocycles. The predicted molar refractivity (Wildman–Crippen MR) is 95.3 cm³/mol. The van der Waals surface area contributed by atoms with E-state index in [9.17, 15) is 18.3 Å². The summed E-state index contributed by atoms with van der Waals surface area (Å²) in [5, 5.41) is 19.3. The van der Waals surface area contributed by atoms with Gasteiger partial charge in [0.2, 0.25) is 10.0 Å². The molecule has 0 aliphatic carbocycles. The molecule has 0 fully saturated rings. The zero-order valence-corrected chi connectivity index (χ0v) is 15.0. The molecule has 9 heteroatoms. The van der Waals surface area contributed by atoms with Crippen LogP contribution in [0.2, 0.25) is 5.02 Å². The molecule has 25 heavy (non-hydrogen) atoms. The van der Waals surface area contributed by atoms with Crippen molar-refractivity contribution in [3.8, 4) is 5.75 Å². The monoisotopic (exact) mass is 381 g/mol. The summed E-state index contributed by atoms with van der Waals surface area (Å²) in [6.07, 6.45) is 0. The van der Waals surface area contributed by atoms with E-state index in [0.717, 1.165) is 0 Å². The van der Waals surface area contributed by atoms with Crippen molar-refractivity contribution in [2.45, 2.75) is 18.7 Å². The van der Waals surface area contributed by atoms with Crippen molar-refractivity contribution >= 4 is 33.2 Å². The zero-order valence-electron chi connectivity index (χ0n) is 13.4. The highest BCUT2D eigenvalue weighted by molar-refractivity contribution is 7.89. The molecule has 0 aromatic heterocycles. The molecule has 0 aliphatic heterocycles. The topological polar surface area (TPSA) is 122 Å². The lowest BCUT2D eigenvalue weighted by Gasteiger charge is -2.09. The SMILES string of the molecule is CC(=NNC(=O)c1cccc(S(N)(=O)=O)c1C)c1cc(Cl)ccc1O. The van der Waals surface area contributed by atoms with E-state index in [1.54, 1.807) is 6.92 Å². The fraction of sp³-hybridized carbons (Fsp3) is 0.125. The largest absolute Gasteiger partial charge is 0.507 e. The highest BCUT2D eigenvalue weighted by Crippen LogP contribution is 2.22. The van der Waals surface area contributed by atoms with Crippen LogP contribution in [-0.2, 0) is 10.0 Å². The minimum absolute atomic E-state index is 0.0349. The van der Waals surface area contributed by atoms with Crippen LogP contribution in [0.4, 0.5) is 0 Å². The number of carbonyl (C=O) groups excluding carboxylic acids is 1. The van der Waals surface area contributed by atoms with Gasteiger partial charge in [-0.05, 0) is 49.7 Å². The first kappa shape index (κ1) is 18.9. The van der Waals surface area contributed by atoms with E-state index in [1.165, 1.54) is 43.3 Å².